The van der Waals surface area contributed by atoms with Crippen LogP contribution in [0, 0.1) is 11.6 Å². The van der Waals surface area contributed by atoms with Gasteiger partial charge in [-0.1, -0.05) is 35.9 Å². The van der Waals surface area contributed by atoms with E-state index in [1.54, 1.807) is 24.3 Å². The Morgan fingerprint density at radius 1 is 0.750 bits per heavy atom. The van der Waals surface area contributed by atoms with E-state index in [1.165, 1.54) is 24.3 Å². The zero-order valence-corrected chi connectivity index (χ0v) is 13.0. The minimum atomic E-state index is -0.925. The van der Waals surface area contributed by atoms with Crippen LogP contribution >= 0.6 is 11.6 Å². The minimum absolute atomic E-state index is 0.0942. The van der Waals surface area contributed by atoms with Gasteiger partial charge in [-0.15, -0.1) is 0 Å². The molecule has 3 aromatic rings. The van der Waals surface area contributed by atoms with E-state index in [4.69, 9.17) is 11.6 Å². The van der Waals surface area contributed by atoms with Gasteiger partial charge in [-0.3, -0.25) is 4.90 Å². The van der Waals surface area contributed by atoms with Crippen LogP contribution in [-0.2, 0) is 0 Å². The van der Waals surface area contributed by atoms with Crippen molar-refractivity contribution in [3.63, 3.8) is 0 Å². The summed E-state index contributed by atoms with van der Waals surface area (Å²) in [7, 11) is 0. The highest BCUT2D eigenvalue weighted by Gasteiger charge is 2.25. The third-order valence-electron chi connectivity index (χ3n) is 3.45. The van der Waals surface area contributed by atoms with Crippen LogP contribution in [0.3, 0.4) is 0 Å². The molecule has 2 N–H and O–H groups in total. The molecule has 0 saturated heterocycles. The first-order valence-corrected chi connectivity index (χ1v) is 7.37. The van der Waals surface area contributed by atoms with Gasteiger partial charge in [-0.2, -0.15) is 0 Å². The Morgan fingerprint density at radius 3 is 1.58 bits per heavy atom. The second-order valence-electron chi connectivity index (χ2n) is 5.03. The van der Waals surface area contributed by atoms with E-state index in [9.17, 15) is 19.0 Å². The lowest BCUT2D eigenvalue weighted by Crippen LogP contribution is -2.14. The molecule has 0 aliphatic carbocycles. The molecular formula is C18H12ClF2NO2. The molecule has 6 heteroatoms. The van der Waals surface area contributed by atoms with Crippen molar-refractivity contribution < 1.29 is 19.0 Å². The average molecular weight is 348 g/mol. The van der Waals surface area contributed by atoms with Crippen LogP contribution in [-0.4, -0.2) is 10.2 Å². The Balaban J connectivity index is 2.33. The summed E-state index contributed by atoms with van der Waals surface area (Å²) in [6.45, 7) is 0. The highest BCUT2D eigenvalue weighted by Crippen LogP contribution is 2.45. The zero-order chi connectivity index (χ0) is 17.3. The SMILES string of the molecule is Oc1ccccc1N(c1ccccc1O)c1c(F)cc(Cl)cc1F. The molecule has 0 aliphatic heterocycles. The third kappa shape index (κ3) is 2.86. The molecule has 0 aromatic heterocycles. The Hall–Kier alpha value is -2.79. The van der Waals surface area contributed by atoms with Gasteiger partial charge >= 0.3 is 0 Å². The first kappa shape index (κ1) is 16.1. The summed E-state index contributed by atoms with van der Waals surface area (Å²) in [5.74, 6) is -2.25. The first-order valence-electron chi connectivity index (χ1n) is 6.99. The normalized spacial score (nSPS) is 10.6. The first-order chi connectivity index (χ1) is 11.5. The van der Waals surface area contributed by atoms with Gasteiger partial charge in [0.2, 0.25) is 0 Å². The number of anilines is 3. The molecule has 0 fully saturated rings. The van der Waals surface area contributed by atoms with Gasteiger partial charge in [-0.05, 0) is 36.4 Å². The summed E-state index contributed by atoms with van der Waals surface area (Å²) in [6.07, 6.45) is 0. The molecule has 3 aromatic carbocycles. The largest absolute Gasteiger partial charge is 0.506 e. The lowest BCUT2D eigenvalue weighted by atomic mass is 10.1. The van der Waals surface area contributed by atoms with E-state index in [0.717, 1.165) is 17.0 Å². The van der Waals surface area contributed by atoms with Crippen molar-refractivity contribution in [2.24, 2.45) is 0 Å². The molecular weight excluding hydrogens is 336 g/mol. The number of rotatable bonds is 3. The Morgan fingerprint density at radius 2 is 1.17 bits per heavy atom. The molecule has 3 rings (SSSR count). The van der Waals surface area contributed by atoms with Crippen molar-refractivity contribution in [1.82, 2.24) is 0 Å². The van der Waals surface area contributed by atoms with Crippen LogP contribution in [0.5, 0.6) is 11.5 Å². The molecule has 3 nitrogen and oxygen atoms in total. The monoisotopic (exact) mass is 347 g/mol. The molecule has 0 bridgehead atoms. The van der Waals surface area contributed by atoms with E-state index in [0.29, 0.717) is 0 Å². The van der Waals surface area contributed by atoms with E-state index < -0.39 is 17.3 Å². The second-order valence-corrected chi connectivity index (χ2v) is 5.47. The number of phenolic OH excluding ortho intramolecular Hbond substituents is 2. The summed E-state index contributed by atoms with van der Waals surface area (Å²) in [6, 6.07) is 14.0. The maximum Gasteiger partial charge on any atom is 0.151 e. The average Bonchev–Trinajstić information content (AvgIpc) is 2.52. The van der Waals surface area contributed by atoms with Crippen molar-refractivity contribution >= 4 is 28.7 Å². The third-order valence-corrected chi connectivity index (χ3v) is 3.67. The van der Waals surface area contributed by atoms with Crippen molar-refractivity contribution in [2.45, 2.75) is 0 Å². The van der Waals surface area contributed by atoms with Gasteiger partial charge in [-0.25, -0.2) is 8.78 Å². The molecule has 122 valence electrons. The summed E-state index contributed by atoms with van der Waals surface area (Å²) in [5.41, 5.74) is -0.236. The van der Waals surface area contributed by atoms with Crippen LogP contribution in [0.15, 0.2) is 60.7 Å². The number of hydrogen-bond donors (Lipinski definition) is 2. The van der Waals surface area contributed by atoms with E-state index >= 15 is 0 Å². The maximum atomic E-state index is 14.5. The van der Waals surface area contributed by atoms with Gasteiger partial charge in [0.1, 0.15) is 17.2 Å². The molecule has 0 unspecified atom stereocenters. The fourth-order valence-electron chi connectivity index (χ4n) is 2.43. The smallest absolute Gasteiger partial charge is 0.151 e. The standard InChI is InChI=1S/C18H12ClF2NO2/c19-11-9-12(20)18(13(21)10-11)22(14-5-1-3-7-16(14)23)15-6-2-4-8-17(15)24/h1-10,23-24H. The Labute approximate surface area is 142 Å². The molecule has 0 saturated carbocycles. The second kappa shape index (κ2) is 6.37. The van der Waals surface area contributed by atoms with Gasteiger partial charge in [0.05, 0.1) is 11.4 Å². The summed E-state index contributed by atoms with van der Waals surface area (Å²) in [5, 5.41) is 20.2. The fourth-order valence-corrected chi connectivity index (χ4v) is 2.62. The number of phenols is 2. The topological polar surface area (TPSA) is 43.7 Å². The fraction of sp³-hybridized carbons (Fsp3) is 0. The Bertz CT molecular complexity index is 833. The van der Waals surface area contributed by atoms with Crippen molar-refractivity contribution in [3.05, 3.63) is 77.3 Å². The summed E-state index contributed by atoms with van der Waals surface area (Å²) in [4.78, 5) is 1.10. The van der Waals surface area contributed by atoms with Crippen LogP contribution in [0.25, 0.3) is 0 Å². The molecule has 0 radical (unpaired) electrons. The van der Waals surface area contributed by atoms with Crippen molar-refractivity contribution in [2.75, 3.05) is 4.90 Å². The maximum absolute atomic E-state index is 14.5. The van der Waals surface area contributed by atoms with E-state index in [-0.39, 0.29) is 27.9 Å². The van der Waals surface area contributed by atoms with Crippen molar-refractivity contribution in [3.8, 4) is 11.5 Å². The quantitative estimate of drug-likeness (QED) is 0.657. The number of aromatic hydroxyl groups is 2. The van der Waals surface area contributed by atoms with E-state index in [2.05, 4.69) is 0 Å². The lowest BCUT2D eigenvalue weighted by Gasteiger charge is -2.27. The number of halogens is 3. The Kier molecular flexibility index (Phi) is 4.27. The van der Waals surface area contributed by atoms with Crippen LogP contribution < -0.4 is 4.90 Å². The number of benzene rings is 3. The number of para-hydroxylation sites is 4. The van der Waals surface area contributed by atoms with Crippen LogP contribution in [0.1, 0.15) is 0 Å². The van der Waals surface area contributed by atoms with E-state index in [1.807, 2.05) is 0 Å². The van der Waals surface area contributed by atoms with Gasteiger partial charge in [0, 0.05) is 5.02 Å². The van der Waals surface area contributed by atoms with Crippen LogP contribution in [0.4, 0.5) is 25.8 Å². The lowest BCUT2D eigenvalue weighted by molar-refractivity contribution is 0.472. The predicted molar refractivity (Wildman–Crippen MR) is 89.4 cm³/mol. The molecule has 0 aliphatic rings. The van der Waals surface area contributed by atoms with Gasteiger partial charge in [0.25, 0.3) is 0 Å². The summed E-state index contributed by atoms with van der Waals surface area (Å²) >= 11 is 5.68. The zero-order valence-electron chi connectivity index (χ0n) is 12.2. The highest BCUT2D eigenvalue weighted by atomic mass is 35.5. The van der Waals surface area contributed by atoms with Crippen LogP contribution in [0.2, 0.25) is 5.02 Å². The molecule has 0 amide bonds. The minimum Gasteiger partial charge on any atom is -0.506 e. The highest BCUT2D eigenvalue weighted by molar-refractivity contribution is 6.30. The molecule has 0 atom stereocenters. The number of nitrogens with zero attached hydrogens (tertiary/aromatic N) is 1. The molecule has 24 heavy (non-hydrogen) atoms. The molecule has 0 spiro atoms. The van der Waals surface area contributed by atoms with Gasteiger partial charge in [0.15, 0.2) is 11.6 Å². The van der Waals surface area contributed by atoms with Gasteiger partial charge < -0.3 is 10.2 Å². The summed E-state index contributed by atoms with van der Waals surface area (Å²) < 4.78 is 28.9. The molecule has 0 heterocycles. The van der Waals surface area contributed by atoms with Crippen molar-refractivity contribution in [1.29, 1.82) is 0 Å². The predicted octanol–water partition coefficient (Wildman–Crippen LogP) is 5.50. The number of hydrogen-bond acceptors (Lipinski definition) is 3.